The summed E-state index contributed by atoms with van der Waals surface area (Å²) in [5.41, 5.74) is 1.80. The zero-order valence-corrected chi connectivity index (χ0v) is 12.2. The van der Waals surface area contributed by atoms with E-state index in [4.69, 9.17) is 0 Å². The summed E-state index contributed by atoms with van der Waals surface area (Å²) in [5, 5.41) is 11.8. The van der Waals surface area contributed by atoms with Crippen LogP contribution >= 0.6 is 0 Å². The number of benzene rings is 1. The van der Waals surface area contributed by atoms with Crippen LogP contribution in [-0.4, -0.2) is 32.6 Å². The normalized spacial score (nSPS) is 19.7. The van der Waals surface area contributed by atoms with E-state index in [9.17, 15) is 5.11 Å². The Balaban J connectivity index is 1.71. The third kappa shape index (κ3) is 2.14. The number of aromatic amines is 1. The number of rotatable bonds is 3. The molecule has 0 unspecified atom stereocenters. The molecule has 1 aliphatic heterocycles. The Morgan fingerprint density at radius 3 is 2.91 bits per heavy atom. The summed E-state index contributed by atoms with van der Waals surface area (Å²) in [6.45, 7) is 0.909. The molecule has 0 spiro atoms. The predicted molar refractivity (Wildman–Crippen MR) is 85.7 cm³/mol. The van der Waals surface area contributed by atoms with E-state index in [0.29, 0.717) is 0 Å². The average Bonchev–Trinajstić information content (AvgIpc) is 3.23. The maximum Gasteiger partial charge on any atom is 0.142 e. The Hall–Kier alpha value is -2.40. The van der Waals surface area contributed by atoms with Crippen molar-refractivity contribution in [2.75, 3.05) is 11.4 Å². The van der Waals surface area contributed by atoms with Crippen LogP contribution in [0.2, 0.25) is 0 Å². The van der Waals surface area contributed by atoms with Gasteiger partial charge < -0.3 is 15.0 Å². The van der Waals surface area contributed by atoms with Crippen molar-refractivity contribution in [1.29, 1.82) is 0 Å². The Bertz CT molecular complexity index is 770. The largest absolute Gasteiger partial charge is 0.386 e. The number of nitrogens with one attached hydrogen (secondary N) is 1. The van der Waals surface area contributed by atoms with Gasteiger partial charge in [-0.1, -0.05) is 30.3 Å². The van der Waals surface area contributed by atoms with Crippen molar-refractivity contribution >= 4 is 16.9 Å². The lowest BCUT2D eigenvalue weighted by molar-refractivity contribution is 0.147. The number of H-pyrrole nitrogens is 1. The van der Waals surface area contributed by atoms with Crippen LogP contribution in [0, 0.1) is 0 Å². The van der Waals surface area contributed by atoms with Gasteiger partial charge in [-0.2, -0.15) is 0 Å². The molecule has 3 aromatic rings. The van der Waals surface area contributed by atoms with Crippen molar-refractivity contribution in [3.63, 3.8) is 0 Å². The van der Waals surface area contributed by atoms with Crippen LogP contribution in [0.5, 0.6) is 0 Å². The van der Waals surface area contributed by atoms with Gasteiger partial charge >= 0.3 is 0 Å². The van der Waals surface area contributed by atoms with Gasteiger partial charge in [0.15, 0.2) is 0 Å². The molecule has 1 aromatic carbocycles. The van der Waals surface area contributed by atoms with Crippen LogP contribution in [0.1, 0.15) is 24.5 Å². The summed E-state index contributed by atoms with van der Waals surface area (Å²) in [7, 11) is 0. The molecule has 1 aliphatic rings. The SMILES string of the molecule is O[C@H](c1ccccc1)[C@H]1CCCN1c1ncnc2[nH]ccc12. The Morgan fingerprint density at radius 2 is 2.05 bits per heavy atom. The summed E-state index contributed by atoms with van der Waals surface area (Å²) in [6, 6.07) is 11.9. The highest BCUT2D eigenvalue weighted by molar-refractivity contribution is 5.87. The van der Waals surface area contributed by atoms with Gasteiger partial charge in [0.2, 0.25) is 0 Å². The van der Waals surface area contributed by atoms with Gasteiger partial charge in [0.25, 0.3) is 0 Å². The first-order chi connectivity index (χ1) is 10.8. The van der Waals surface area contributed by atoms with E-state index < -0.39 is 6.10 Å². The first kappa shape index (κ1) is 13.3. The number of aliphatic hydroxyl groups is 1. The van der Waals surface area contributed by atoms with Gasteiger partial charge in [0.05, 0.1) is 17.5 Å². The average molecular weight is 294 g/mol. The summed E-state index contributed by atoms with van der Waals surface area (Å²) >= 11 is 0. The Morgan fingerprint density at radius 1 is 1.18 bits per heavy atom. The first-order valence-corrected chi connectivity index (χ1v) is 7.62. The van der Waals surface area contributed by atoms with E-state index in [1.54, 1.807) is 6.33 Å². The molecule has 1 saturated heterocycles. The molecular formula is C17H18N4O. The maximum atomic E-state index is 10.8. The molecule has 3 heterocycles. The van der Waals surface area contributed by atoms with Gasteiger partial charge in [-0.05, 0) is 24.5 Å². The van der Waals surface area contributed by atoms with Crippen LogP contribution in [0.25, 0.3) is 11.0 Å². The smallest absolute Gasteiger partial charge is 0.142 e. The van der Waals surface area contributed by atoms with Gasteiger partial charge in [-0.3, -0.25) is 0 Å². The molecule has 1 fully saturated rings. The van der Waals surface area contributed by atoms with E-state index in [1.807, 2.05) is 42.6 Å². The van der Waals surface area contributed by atoms with Crippen molar-refractivity contribution < 1.29 is 5.11 Å². The molecule has 0 bridgehead atoms. The van der Waals surface area contributed by atoms with E-state index in [2.05, 4.69) is 19.9 Å². The Labute approximate surface area is 128 Å². The highest BCUT2D eigenvalue weighted by Gasteiger charge is 2.33. The van der Waals surface area contributed by atoms with Crippen molar-refractivity contribution in [3.8, 4) is 0 Å². The quantitative estimate of drug-likeness (QED) is 0.779. The van der Waals surface area contributed by atoms with Crippen LogP contribution in [-0.2, 0) is 0 Å². The molecule has 0 amide bonds. The van der Waals surface area contributed by atoms with E-state index in [-0.39, 0.29) is 6.04 Å². The third-order valence-corrected chi connectivity index (χ3v) is 4.41. The molecule has 0 radical (unpaired) electrons. The third-order valence-electron chi connectivity index (χ3n) is 4.41. The minimum absolute atomic E-state index is 0.0513. The minimum atomic E-state index is -0.507. The molecule has 22 heavy (non-hydrogen) atoms. The second-order valence-corrected chi connectivity index (χ2v) is 5.70. The molecule has 5 heteroatoms. The zero-order valence-electron chi connectivity index (χ0n) is 12.2. The monoisotopic (exact) mass is 294 g/mol. The summed E-state index contributed by atoms with van der Waals surface area (Å²) in [4.78, 5) is 14.1. The Kier molecular flexibility index (Phi) is 3.27. The van der Waals surface area contributed by atoms with Crippen molar-refractivity contribution in [2.24, 2.45) is 0 Å². The maximum absolute atomic E-state index is 10.8. The number of aromatic nitrogens is 3. The van der Waals surface area contributed by atoms with Crippen molar-refractivity contribution in [1.82, 2.24) is 15.0 Å². The summed E-state index contributed by atoms with van der Waals surface area (Å²) in [6.07, 6.45) is 4.98. The molecule has 2 aromatic heterocycles. The highest BCUT2D eigenvalue weighted by Crippen LogP contribution is 2.34. The molecule has 2 N–H and O–H groups in total. The van der Waals surface area contributed by atoms with E-state index in [1.165, 1.54) is 0 Å². The number of hydrogen-bond donors (Lipinski definition) is 2. The molecule has 112 valence electrons. The fraction of sp³-hybridized carbons (Fsp3) is 0.294. The molecule has 0 saturated carbocycles. The van der Waals surface area contributed by atoms with Gasteiger partial charge in [0.1, 0.15) is 17.8 Å². The molecule has 4 rings (SSSR count). The topological polar surface area (TPSA) is 65.0 Å². The highest BCUT2D eigenvalue weighted by atomic mass is 16.3. The lowest BCUT2D eigenvalue weighted by Gasteiger charge is -2.30. The van der Waals surface area contributed by atoms with Crippen LogP contribution < -0.4 is 4.90 Å². The lowest BCUT2D eigenvalue weighted by atomic mass is 10.0. The number of nitrogens with zero attached hydrogens (tertiary/aromatic N) is 3. The lowest BCUT2D eigenvalue weighted by Crippen LogP contribution is -2.35. The zero-order chi connectivity index (χ0) is 14.9. The molecule has 5 nitrogen and oxygen atoms in total. The molecular weight excluding hydrogens is 276 g/mol. The number of hydrogen-bond acceptors (Lipinski definition) is 4. The van der Waals surface area contributed by atoms with Gasteiger partial charge in [-0.15, -0.1) is 0 Å². The molecule has 0 aliphatic carbocycles. The van der Waals surface area contributed by atoms with E-state index in [0.717, 1.165) is 41.8 Å². The number of aliphatic hydroxyl groups excluding tert-OH is 1. The summed E-state index contributed by atoms with van der Waals surface area (Å²) in [5.74, 6) is 0.906. The number of fused-ring (bicyclic) bond motifs is 1. The fourth-order valence-corrected chi connectivity index (χ4v) is 3.34. The fourth-order valence-electron chi connectivity index (χ4n) is 3.34. The standard InChI is InChI=1S/C17H18N4O/c22-15(12-5-2-1-3-6-12)14-7-4-10-21(14)17-13-8-9-18-16(13)19-11-20-17/h1-3,5-6,8-9,11,14-15,22H,4,7,10H2,(H,18,19,20)/t14-,15-/m1/s1. The van der Waals surface area contributed by atoms with Crippen molar-refractivity contribution in [2.45, 2.75) is 25.0 Å². The van der Waals surface area contributed by atoms with Crippen LogP contribution in [0.3, 0.4) is 0 Å². The molecule has 2 atom stereocenters. The predicted octanol–water partition coefficient (Wildman–Crippen LogP) is 2.66. The van der Waals surface area contributed by atoms with Crippen molar-refractivity contribution in [3.05, 3.63) is 54.5 Å². The van der Waals surface area contributed by atoms with Gasteiger partial charge in [0, 0.05) is 12.7 Å². The van der Waals surface area contributed by atoms with Crippen LogP contribution in [0.15, 0.2) is 48.9 Å². The first-order valence-electron chi connectivity index (χ1n) is 7.62. The minimum Gasteiger partial charge on any atom is -0.386 e. The van der Waals surface area contributed by atoms with E-state index >= 15 is 0 Å². The van der Waals surface area contributed by atoms with Gasteiger partial charge in [-0.25, -0.2) is 9.97 Å². The number of anilines is 1. The van der Waals surface area contributed by atoms with Crippen LogP contribution in [0.4, 0.5) is 5.82 Å². The summed E-state index contributed by atoms with van der Waals surface area (Å²) < 4.78 is 0. The second kappa shape index (κ2) is 5.42. The second-order valence-electron chi connectivity index (χ2n) is 5.70.